The van der Waals surface area contributed by atoms with Crippen molar-refractivity contribution < 1.29 is 48.0 Å². The van der Waals surface area contributed by atoms with Crippen LogP contribution in [0.2, 0.25) is 0 Å². The van der Waals surface area contributed by atoms with Gasteiger partial charge in [-0.1, -0.05) is 74.5 Å². The summed E-state index contributed by atoms with van der Waals surface area (Å²) in [7, 11) is -5.00. The Kier molecular flexibility index (Phi) is 14.1. The van der Waals surface area contributed by atoms with E-state index in [4.69, 9.17) is 0 Å². The van der Waals surface area contributed by atoms with E-state index in [1.807, 2.05) is 30.3 Å². The molecule has 2 aromatic carbocycles. The number of hydrogen-bond acceptors (Lipinski definition) is 7. The normalized spacial score (nSPS) is 16.6. The molecule has 4 atom stereocenters. The highest BCUT2D eigenvalue weighted by molar-refractivity contribution is 7.46. The lowest BCUT2D eigenvalue weighted by Crippen LogP contribution is -2.59. The fourth-order valence-corrected chi connectivity index (χ4v) is 5.65. The number of aryl methyl sites for hydroxylation is 1. The summed E-state index contributed by atoms with van der Waals surface area (Å²) in [5, 5.41) is 17.4. The average Bonchev–Trinajstić information content (AvgIpc) is 3.52. The second-order valence-corrected chi connectivity index (χ2v) is 13.0. The predicted molar refractivity (Wildman–Crippen MR) is 171 cm³/mol. The summed E-state index contributed by atoms with van der Waals surface area (Å²) in [6.45, 7) is 2.65. The van der Waals surface area contributed by atoms with Gasteiger partial charge in [-0.05, 0) is 42.7 Å². The van der Waals surface area contributed by atoms with Crippen molar-refractivity contribution in [2.45, 2.75) is 76.5 Å². The minimum Gasteiger partial charge on any atom is -0.480 e. The van der Waals surface area contributed by atoms with Crippen LogP contribution in [-0.4, -0.2) is 86.7 Å². The molecule has 1 fully saturated rings. The Morgan fingerprint density at radius 3 is 2.11 bits per heavy atom. The first kappa shape index (κ1) is 37.4. The lowest BCUT2D eigenvalue weighted by Gasteiger charge is -2.30. The molecule has 0 radical (unpaired) electrons. The molecule has 0 spiro atoms. The van der Waals surface area contributed by atoms with E-state index in [0.717, 1.165) is 5.56 Å². The van der Waals surface area contributed by atoms with Crippen molar-refractivity contribution in [1.29, 1.82) is 0 Å². The largest absolute Gasteiger partial charge is 0.480 e. The summed E-state index contributed by atoms with van der Waals surface area (Å²) in [5.41, 5.74) is 1.72. The lowest BCUT2D eigenvalue weighted by atomic mass is 10.0. The monoisotopic (exact) mass is 674 g/mol. The first-order valence-corrected chi connectivity index (χ1v) is 17.0. The van der Waals surface area contributed by atoms with E-state index in [2.05, 4.69) is 20.5 Å². The van der Waals surface area contributed by atoms with Crippen molar-refractivity contribution in [1.82, 2.24) is 20.9 Å². The van der Waals surface area contributed by atoms with Crippen LogP contribution in [0.5, 0.6) is 0 Å². The van der Waals surface area contributed by atoms with Gasteiger partial charge in [-0.2, -0.15) is 0 Å². The number of nitrogens with one attached hydrogen (secondary N) is 3. The third kappa shape index (κ3) is 12.2. The Hall–Kier alpha value is -4.10. The third-order valence-corrected chi connectivity index (χ3v) is 8.22. The molecular weight excluding hydrogens is 631 g/mol. The molecule has 0 unspecified atom stereocenters. The zero-order chi connectivity index (χ0) is 34.6. The van der Waals surface area contributed by atoms with Gasteiger partial charge in [-0.3, -0.25) is 23.7 Å². The van der Waals surface area contributed by atoms with Gasteiger partial charge < -0.3 is 35.7 Å². The fourth-order valence-electron chi connectivity index (χ4n) is 5.31. The number of carboxylic acids is 1. The minimum atomic E-state index is -5.00. The van der Waals surface area contributed by atoms with Gasteiger partial charge in [0.05, 0.1) is 6.61 Å². The van der Waals surface area contributed by atoms with Crippen LogP contribution in [0, 0.1) is 5.92 Å². The van der Waals surface area contributed by atoms with E-state index in [1.54, 1.807) is 44.2 Å². The topological polar surface area (TPSA) is 212 Å². The van der Waals surface area contributed by atoms with Gasteiger partial charge in [0.25, 0.3) is 0 Å². The SMILES string of the molecule is CC(C)[C@H](NC(=O)[C@@H]1CCCN1C(=O)[C@H](COP(=O)(O)O)NC(=O)CCCc1ccccc1)C(=O)N[C@@H](Cc1ccccc1)C(=O)O. The van der Waals surface area contributed by atoms with Crippen LogP contribution < -0.4 is 16.0 Å². The van der Waals surface area contributed by atoms with Gasteiger partial charge in [-0.25, -0.2) is 9.36 Å². The highest BCUT2D eigenvalue weighted by Crippen LogP contribution is 2.36. The molecule has 4 amide bonds. The summed E-state index contributed by atoms with van der Waals surface area (Å²) >= 11 is 0. The van der Waals surface area contributed by atoms with Crippen molar-refractivity contribution in [3.8, 4) is 0 Å². The van der Waals surface area contributed by atoms with Crippen molar-refractivity contribution in [2.75, 3.05) is 13.2 Å². The number of carboxylic acid groups (broad SMARTS) is 1. The fraction of sp³-hybridized carbons (Fsp3) is 0.469. The standard InChI is InChI=1S/C32H43N4O10P/c1-21(2)28(30(39)34-24(32(41)42)19-23-13-7-4-8-14-23)35-29(38)26-16-10-18-36(26)31(40)25(20-46-47(43,44)45)33-27(37)17-9-15-22-11-5-3-6-12-22/h3-8,11-14,21,24-26,28H,9-10,15-20H2,1-2H3,(H,33,37)(H,34,39)(H,35,38)(H,41,42)(H2,43,44,45)/t24-,25-,26-,28-/m0/s1. The van der Waals surface area contributed by atoms with Crippen LogP contribution in [0.1, 0.15) is 50.7 Å². The van der Waals surface area contributed by atoms with Crippen LogP contribution in [0.3, 0.4) is 0 Å². The Balaban J connectivity index is 1.67. The van der Waals surface area contributed by atoms with Crippen LogP contribution in [0.4, 0.5) is 0 Å². The number of nitrogens with zero attached hydrogens (tertiary/aromatic N) is 1. The molecule has 1 heterocycles. The van der Waals surface area contributed by atoms with E-state index in [0.29, 0.717) is 24.8 Å². The van der Waals surface area contributed by atoms with Crippen LogP contribution in [-0.2, 0) is 45.9 Å². The highest BCUT2D eigenvalue weighted by Gasteiger charge is 2.40. The van der Waals surface area contributed by atoms with Gasteiger partial charge in [0, 0.05) is 19.4 Å². The Bertz CT molecular complexity index is 1420. The van der Waals surface area contributed by atoms with E-state index < -0.39 is 74.1 Å². The van der Waals surface area contributed by atoms with Gasteiger partial charge in [0.15, 0.2) is 0 Å². The van der Waals surface area contributed by atoms with Crippen molar-refractivity contribution in [3.05, 3.63) is 71.8 Å². The van der Waals surface area contributed by atoms with Crippen LogP contribution in [0.25, 0.3) is 0 Å². The molecule has 0 aromatic heterocycles. The molecule has 1 saturated heterocycles. The van der Waals surface area contributed by atoms with Crippen LogP contribution >= 0.6 is 7.82 Å². The van der Waals surface area contributed by atoms with Crippen molar-refractivity contribution in [2.24, 2.45) is 5.92 Å². The van der Waals surface area contributed by atoms with E-state index in [9.17, 15) is 43.4 Å². The van der Waals surface area contributed by atoms with Crippen molar-refractivity contribution in [3.63, 3.8) is 0 Å². The first-order chi connectivity index (χ1) is 22.2. The number of rotatable bonds is 17. The van der Waals surface area contributed by atoms with E-state index >= 15 is 0 Å². The number of phosphoric ester groups is 1. The molecule has 3 rings (SSSR count). The van der Waals surface area contributed by atoms with Crippen LogP contribution in [0.15, 0.2) is 60.7 Å². The van der Waals surface area contributed by atoms with E-state index in [-0.39, 0.29) is 25.8 Å². The number of hydrogen-bond donors (Lipinski definition) is 6. The summed E-state index contributed by atoms with van der Waals surface area (Å²) in [6.07, 6.45) is 1.76. The maximum absolute atomic E-state index is 13.6. The molecule has 14 nitrogen and oxygen atoms in total. The summed E-state index contributed by atoms with van der Waals surface area (Å²) < 4.78 is 16.0. The molecule has 1 aliphatic rings. The number of phosphoric acid groups is 1. The minimum absolute atomic E-state index is 0.0294. The molecule has 256 valence electrons. The molecule has 15 heteroatoms. The Morgan fingerprint density at radius 1 is 0.915 bits per heavy atom. The summed E-state index contributed by atoms with van der Waals surface area (Å²) in [6, 6.07) is 13.3. The van der Waals surface area contributed by atoms with E-state index in [1.165, 1.54) is 4.90 Å². The third-order valence-electron chi connectivity index (χ3n) is 7.74. The predicted octanol–water partition coefficient (Wildman–Crippen LogP) is 1.55. The first-order valence-electron chi connectivity index (χ1n) is 15.5. The molecular formula is C32H43N4O10P. The van der Waals surface area contributed by atoms with Gasteiger partial charge >= 0.3 is 13.8 Å². The zero-order valence-corrected chi connectivity index (χ0v) is 27.3. The number of carbonyl (C=O) groups is 5. The quantitative estimate of drug-likeness (QED) is 0.133. The maximum Gasteiger partial charge on any atom is 0.469 e. The van der Waals surface area contributed by atoms with Gasteiger partial charge in [0.1, 0.15) is 24.2 Å². The number of benzene rings is 2. The highest BCUT2D eigenvalue weighted by atomic mass is 31.2. The number of aliphatic carboxylic acids is 1. The smallest absolute Gasteiger partial charge is 0.469 e. The molecule has 2 aromatic rings. The number of likely N-dealkylation sites (tertiary alicyclic amines) is 1. The Labute approximate surface area is 273 Å². The second kappa shape index (κ2) is 17.7. The van der Waals surface area contributed by atoms with Gasteiger partial charge in [-0.15, -0.1) is 0 Å². The van der Waals surface area contributed by atoms with Gasteiger partial charge in [0.2, 0.25) is 23.6 Å². The molecule has 0 saturated carbocycles. The zero-order valence-electron chi connectivity index (χ0n) is 26.4. The summed E-state index contributed by atoms with van der Waals surface area (Å²) in [4.78, 5) is 84.7. The average molecular weight is 675 g/mol. The molecule has 0 bridgehead atoms. The number of amides is 4. The Morgan fingerprint density at radius 2 is 1.53 bits per heavy atom. The molecule has 0 aliphatic carbocycles. The maximum atomic E-state index is 13.6. The molecule has 1 aliphatic heterocycles. The summed E-state index contributed by atoms with van der Waals surface area (Å²) in [5.74, 6) is -4.36. The second-order valence-electron chi connectivity index (χ2n) is 11.8. The molecule has 47 heavy (non-hydrogen) atoms. The van der Waals surface area contributed by atoms with Crippen molar-refractivity contribution >= 4 is 37.4 Å². The lowest BCUT2D eigenvalue weighted by molar-refractivity contribution is -0.144. The molecule has 6 N–H and O–H groups in total. The number of carbonyl (C=O) groups excluding carboxylic acids is 4.